The second kappa shape index (κ2) is 14.3. The van der Waals surface area contributed by atoms with Gasteiger partial charge < -0.3 is 10.1 Å². The van der Waals surface area contributed by atoms with Crippen LogP contribution in [0, 0.1) is 63.6 Å². The Kier molecular flexibility index (Phi) is 10.9. The van der Waals surface area contributed by atoms with Crippen LogP contribution in [0.2, 0.25) is 0 Å². The third kappa shape index (κ3) is 6.80. The molecule has 0 aliphatic heterocycles. The van der Waals surface area contributed by atoms with Gasteiger partial charge in [0.1, 0.15) is 5.60 Å². The topological polar surface area (TPSA) is 55.4 Å². The number of ketones is 1. The first kappa shape index (κ1) is 38.1. The maximum absolute atomic E-state index is 13.8. The molecular weight excluding hydrogens is 615 g/mol. The quantitative estimate of drug-likeness (QED) is 0.204. The molecule has 0 heterocycles. The van der Waals surface area contributed by atoms with E-state index in [1.54, 1.807) is 11.1 Å². The molecule has 0 saturated heterocycles. The molecular formula is C46H73NO3. The van der Waals surface area contributed by atoms with Crippen LogP contribution in [0.3, 0.4) is 0 Å². The van der Waals surface area contributed by atoms with Crippen LogP contribution in [0.1, 0.15) is 159 Å². The zero-order valence-corrected chi connectivity index (χ0v) is 33.8. The molecule has 7 aliphatic rings. The summed E-state index contributed by atoms with van der Waals surface area (Å²) in [6.07, 6.45) is 21.5. The molecule has 0 radical (unpaired) electrons. The average Bonchev–Trinajstić information content (AvgIpc) is 3.83. The van der Waals surface area contributed by atoms with Crippen molar-refractivity contribution >= 4 is 11.8 Å². The molecule has 1 N–H and O–H groups in total. The average molecular weight is 688 g/mol. The summed E-state index contributed by atoms with van der Waals surface area (Å²) in [5, 5.41) is 3.80. The number of hydrogen-bond acceptors (Lipinski definition) is 4. The van der Waals surface area contributed by atoms with Gasteiger partial charge in [-0.1, -0.05) is 66.2 Å². The van der Waals surface area contributed by atoms with Crippen molar-refractivity contribution in [2.24, 2.45) is 63.6 Å². The van der Waals surface area contributed by atoms with Gasteiger partial charge in [0.15, 0.2) is 5.78 Å². The molecule has 0 bridgehead atoms. The van der Waals surface area contributed by atoms with Gasteiger partial charge in [-0.25, -0.2) is 0 Å². The Morgan fingerprint density at radius 3 is 2.32 bits per heavy atom. The third-order valence-corrected chi connectivity index (χ3v) is 15.4. The Balaban J connectivity index is 0.00000212. The van der Waals surface area contributed by atoms with E-state index in [0.29, 0.717) is 40.3 Å². The highest BCUT2D eigenvalue weighted by Crippen LogP contribution is 2.72. The van der Waals surface area contributed by atoms with Gasteiger partial charge in [0.05, 0.1) is 5.92 Å². The summed E-state index contributed by atoms with van der Waals surface area (Å²) in [6, 6.07) is 0. The minimum absolute atomic E-state index is 0.00182. The number of allylic oxidation sites excluding steroid dienone is 6. The molecule has 7 rings (SSSR count). The van der Waals surface area contributed by atoms with Gasteiger partial charge in [-0.05, 0) is 186 Å². The third-order valence-electron chi connectivity index (χ3n) is 15.4. The van der Waals surface area contributed by atoms with E-state index in [4.69, 9.17) is 4.74 Å². The fourth-order valence-electron chi connectivity index (χ4n) is 13.1. The lowest BCUT2D eigenvalue weighted by Gasteiger charge is -2.66. The second-order valence-corrected chi connectivity index (χ2v) is 19.7. The highest BCUT2D eigenvalue weighted by Gasteiger charge is 2.64. The number of esters is 1. The van der Waals surface area contributed by atoms with Crippen molar-refractivity contribution in [1.29, 1.82) is 0 Å². The number of fused-ring (bicyclic) bond motifs is 7. The molecule has 9 unspecified atom stereocenters. The predicted octanol–water partition coefficient (Wildman–Crippen LogP) is 11.2. The normalized spacial score (nSPS) is 39.7. The van der Waals surface area contributed by atoms with Crippen molar-refractivity contribution in [3.63, 3.8) is 0 Å². The zero-order chi connectivity index (χ0) is 36.2. The van der Waals surface area contributed by atoms with Gasteiger partial charge in [-0.3, -0.25) is 9.59 Å². The SMILES string of the molecule is CC.CC(C)C1=C2C3CCC4C5(C)CC=C(C6=CCC(C(=O)OC(C)(C)C)CC6)C(C)C5CCC4(C)C3CCC2(CCNCC2CC2)CC1=O. The molecule has 50 heavy (non-hydrogen) atoms. The molecule has 4 heteroatoms. The Labute approximate surface area is 306 Å². The maximum atomic E-state index is 13.8. The van der Waals surface area contributed by atoms with Crippen molar-refractivity contribution in [2.75, 3.05) is 13.1 Å². The fourth-order valence-corrected chi connectivity index (χ4v) is 13.1. The first-order chi connectivity index (χ1) is 23.7. The number of carbonyl (C=O) groups is 2. The minimum atomic E-state index is -0.421. The summed E-state index contributed by atoms with van der Waals surface area (Å²) in [6.45, 7) is 24.6. The second-order valence-electron chi connectivity index (χ2n) is 19.7. The molecule has 0 aromatic carbocycles. The van der Waals surface area contributed by atoms with E-state index in [2.05, 4.69) is 52.1 Å². The fraction of sp³-hybridized carbons (Fsp3) is 0.826. The molecule has 9 atom stereocenters. The standard InChI is InChI=1S/C44H67NO3.C2H6/c1-27(2)38-36(46)25-44(23-24-45-26-29-9-10-29)22-19-35-33(39(38)44)15-16-37-42(7)20-17-32(28(3)34(42)18-21-43(35,37)8)30-11-13-31(14-12-30)40(47)48-41(4,5)6;1-2/h11,17,27-29,31,33-35,37,45H,9-10,12-16,18-26H2,1-8H3;1-2H3. The number of carbonyl (C=O) groups excluding carboxylic acids is 2. The maximum Gasteiger partial charge on any atom is 0.309 e. The van der Waals surface area contributed by atoms with Crippen molar-refractivity contribution in [3.05, 3.63) is 34.4 Å². The van der Waals surface area contributed by atoms with Gasteiger partial charge in [0, 0.05) is 11.8 Å². The van der Waals surface area contributed by atoms with E-state index in [1.165, 1.54) is 75.5 Å². The van der Waals surface area contributed by atoms with Crippen molar-refractivity contribution in [1.82, 2.24) is 5.32 Å². The van der Waals surface area contributed by atoms with Crippen LogP contribution in [0.15, 0.2) is 34.4 Å². The molecule has 4 fully saturated rings. The largest absolute Gasteiger partial charge is 0.460 e. The molecule has 0 amide bonds. The molecule has 0 aromatic rings. The van der Waals surface area contributed by atoms with Gasteiger partial charge in [0.25, 0.3) is 0 Å². The van der Waals surface area contributed by atoms with Crippen LogP contribution >= 0.6 is 0 Å². The lowest BCUT2D eigenvalue weighted by molar-refractivity contribution is -0.160. The minimum Gasteiger partial charge on any atom is -0.460 e. The van der Waals surface area contributed by atoms with E-state index in [0.717, 1.165) is 56.4 Å². The Morgan fingerprint density at radius 2 is 1.68 bits per heavy atom. The van der Waals surface area contributed by atoms with E-state index in [9.17, 15) is 9.59 Å². The molecule has 4 saturated carbocycles. The summed E-state index contributed by atoms with van der Waals surface area (Å²) in [5.74, 6) is 5.04. The Hall–Kier alpha value is -1.68. The first-order valence-corrected chi connectivity index (χ1v) is 21.3. The van der Waals surface area contributed by atoms with E-state index in [1.807, 2.05) is 34.6 Å². The van der Waals surface area contributed by atoms with Crippen LogP contribution in [0.25, 0.3) is 0 Å². The summed E-state index contributed by atoms with van der Waals surface area (Å²) in [5.41, 5.74) is 6.39. The zero-order valence-electron chi connectivity index (χ0n) is 33.8. The number of ether oxygens (including phenoxy) is 1. The number of Topliss-reactive ketones (excluding diaryl/α,β-unsaturated/α-hetero) is 1. The van der Waals surface area contributed by atoms with Crippen LogP contribution in [0.5, 0.6) is 0 Å². The van der Waals surface area contributed by atoms with Crippen LogP contribution in [0.4, 0.5) is 0 Å². The molecule has 7 aliphatic carbocycles. The smallest absolute Gasteiger partial charge is 0.309 e. The molecule has 4 nitrogen and oxygen atoms in total. The molecule has 280 valence electrons. The van der Waals surface area contributed by atoms with Gasteiger partial charge in [0.2, 0.25) is 0 Å². The summed E-state index contributed by atoms with van der Waals surface area (Å²) in [7, 11) is 0. The van der Waals surface area contributed by atoms with Gasteiger partial charge in [-0.2, -0.15) is 0 Å². The Bertz CT molecular complexity index is 1390. The highest BCUT2D eigenvalue weighted by molar-refractivity contribution is 6.00. The van der Waals surface area contributed by atoms with Crippen LogP contribution in [-0.2, 0) is 14.3 Å². The summed E-state index contributed by atoms with van der Waals surface area (Å²) >= 11 is 0. The predicted molar refractivity (Wildman–Crippen MR) is 206 cm³/mol. The number of rotatable bonds is 8. The van der Waals surface area contributed by atoms with Crippen LogP contribution < -0.4 is 5.32 Å². The first-order valence-electron chi connectivity index (χ1n) is 21.3. The lowest BCUT2D eigenvalue weighted by Crippen LogP contribution is -2.59. The number of hydrogen-bond donors (Lipinski definition) is 1. The van der Waals surface area contributed by atoms with Gasteiger partial charge in [-0.15, -0.1) is 0 Å². The monoisotopic (exact) mass is 688 g/mol. The molecule has 0 spiro atoms. The van der Waals surface area contributed by atoms with Gasteiger partial charge >= 0.3 is 5.97 Å². The van der Waals surface area contributed by atoms with Crippen molar-refractivity contribution in [2.45, 2.75) is 165 Å². The lowest BCUT2D eigenvalue weighted by atomic mass is 9.38. The summed E-state index contributed by atoms with van der Waals surface area (Å²) in [4.78, 5) is 26.6. The van der Waals surface area contributed by atoms with E-state index in [-0.39, 0.29) is 17.3 Å². The van der Waals surface area contributed by atoms with E-state index < -0.39 is 5.60 Å². The Morgan fingerprint density at radius 1 is 0.960 bits per heavy atom. The van der Waals surface area contributed by atoms with Crippen molar-refractivity contribution < 1.29 is 14.3 Å². The highest BCUT2D eigenvalue weighted by atomic mass is 16.6. The summed E-state index contributed by atoms with van der Waals surface area (Å²) < 4.78 is 5.74. The number of nitrogens with one attached hydrogen (secondary N) is 1. The van der Waals surface area contributed by atoms with E-state index >= 15 is 0 Å². The van der Waals surface area contributed by atoms with Crippen LogP contribution in [-0.4, -0.2) is 30.4 Å². The van der Waals surface area contributed by atoms with Crippen molar-refractivity contribution in [3.8, 4) is 0 Å². The molecule has 0 aromatic heterocycles.